The third-order valence-corrected chi connectivity index (χ3v) is 5.66. The first-order valence-electron chi connectivity index (χ1n) is 10.0. The van der Waals surface area contributed by atoms with Gasteiger partial charge in [0.05, 0.1) is 11.8 Å². The van der Waals surface area contributed by atoms with Crippen LogP contribution in [0.2, 0.25) is 0 Å². The van der Waals surface area contributed by atoms with Crippen LogP contribution in [0.15, 0.2) is 30.3 Å². The summed E-state index contributed by atoms with van der Waals surface area (Å²) in [5, 5.41) is 2.85. The smallest absolute Gasteiger partial charge is 0.240 e. The molecule has 0 spiro atoms. The SMILES string of the molecule is CCN(CCCNC(=O)CN1C(=O)[C@@H]2CCCC[C@H]2C1=O)c1ccccc1. The van der Waals surface area contributed by atoms with E-state index in [1.54, 1.807) is 0 Å². The molecule has 0 unspecified atom stereocenters. The molecule has 1 heterocycles. The molecular weight excluding hydrogens is 342 g/mol. The fraction of sp³-hybridized carbons (Fsp3) is 0.571. The number of fused-ring (bicyclic) bond motifs is 1. The number of carbonyl (C=O) groups is 3. The van der Waals surface area contributed by atoms with Crippen molar-refractivity contribution in [2.45, 2.75) is 39.0 Å². The van der Waals surface area contributed by atoms with Crippen molar-refractivity contribution in [3.8, 4) is 0 Å². The number of amides is 3. The van der Waals surface area contributed by atoms with Gasteiger partial charge in [-0.15, -0.1) is 0 Å². The zero-order valence-electron chi connectivity index (χ0n) is 16.0. The van der Waals surface area contributed by atoms with Crippen molar-refractivity contribution in [2.24, 2.45) is 11.8 Å². The number of imide groups is 1. The molecule has 2 fully saturated rings. The quantitative estimate of drug-likeness (QED) is 0.562. The second-order valence-corrected chi connectivity index (χ2v) is 7.38. The summed E-state index contributed by atoms with van der Waals surface area (Å²) < 4.78 is 0. The highest BCUT2D eigenvalue weighted by Gasteiger charge is 2.48. The molecule has 1 saturated heterocycles. The standard InChI is InChI=1S/C21H29N3O3/c1-2-23(16-9-4-3-5-10-16)14-8-13-22-19(25)15-24-20(26)17-11-6-7-12-18(17)21(24)27/h3-5,9-10,17-18H,2,6-8,11-15H2,1H3,(H,22,25)/t17-,18-/m1/s1. The Hall–Kier alpha value is -2.37. The van der Waals surface area contributed by atoms with Gasteiger partial charge in [-0.2, -0.15) is 0 Å². The van der Waals surface area contributed by atoms with Crippen LogP contribution in [0.5, 0.6) is 0 Å². The minimum atomic E-state index is -0.252. The second kappa shape index (κ2) is 9.02. The summed E-state index contributed by atoms with van der Waals surface area (Å²) in [6.07, 6.45) is 4.35. The molecule has 0 radical (unpaired) electrons. The Balaban J connectivity index is 1.42. The topological polar surface area (TPSA) is 69.7 Å². The fourth-order valence-corrected chi connectivity index (χ4v) is 4.19. The van der Waals surface area contributed by atoms with E-state index in [9.17, 15) is 14.4 Å². The lowest BCUT2D eigenvalue weighted by Crippen LogP contribution is -2.41. The van der Waals surface area contributed by atoms with Gasteiger partial charge in [0.25, 0.3) is 0 Å². The average molecular weight is 371 g/mol. The van der Waals surface area contributed by atoms with Crippen LogP contribution >= 0.6 is 0 Å². The Morgan fingerprint density at radius 3 is 2.33 bits per heavy atom. The summed E-state index contributed by atoms with van der Waals surface area (Å²) in [4.78, 5) is 40.5. The molecule has 6 nitrogen and oxygen atoms in total. The molecule has 3 rings (SSSR count). The Morgan fingerprint density at radius 1 is 1.11 bits per heavy atom. The third-order valence-electron chi connectivity index (χ3n) is 5.66. The van der Waals surface area contributed by atoms with Crippen LogP contribution in [0.25, 0.3) is 0 Å². The summed E-state index contributed by atoms with van der Waals surface area (Å²) in [6, 6.07) is 10.2. The van der Waals surface area contributed by atoms with Gasteiger partial charge in [0.2, 0.25) is 17.7 Å². The number of nitrogens with one attached hydrogen (secondary N) is 1. The van der Waals surface area contributed by atoms with E-state index in [0.717, 1.165) is 45.2 Å². The van der Waals surface area contributed by atoms with Gasteiger partial charge < -0.3 is 10.2 Å². The summed E-state index contributed by atoms with van der Waals surface area (Å²) in [6.45, 7) is 4.24. The zero-order chi connectivity index (χ0) is 19.2. The Kier molecular flexibility index (Phi) is 6.48. The minimum Gasteiger partial charge on any atom is -0.372 e. The number of carbonyl (C=O) groups excluding carboxylic acids is 3. The van der Waals surface area contributed by atoms with Crippen LogP contribution in [0.3, 0.4) is 0 Å². The predicted molar refractivity (Wildman–Crippen MR) is 104 cm³/mol. The number of rotatable bonds is 8. The maximum absolute atomic E-state index is 12.4. The minimum absolute atomic E-state index is 0.138. The Bertz CT molecular complexity index is 653. The number of anilines is 1. The van der Waals surface area contributed by atoms with Gasteiger partial charge in [-0.1, -0.05) is 31.0 Å². The molecule has 0 bridgehead atoms. The first kappa shape index (κ1) is 19.4. The maximum Gasteiger partial charge on any atom is 0.240 e. The molecule has 1 N–H and O–H groups in total. The van der Waals surface area contributed by atoms with Crippen molar-refractivity contribution < 1.29 is 14.4 Å². The first-order valence-corrected chi connectivity index (χ1v) is 10.0. The van der Waals surface area contributed by atoms with Crippen molar-refractivity contribution >= 4 is 23.4 Å². The fourth-order valence-electron chi connectivity index (χ4n) is 4.19. The monoisotopic (exact) mass is 371 g/mol. The van der Waals surface area contributed by atoms with E-state index in [0.29, 0.717) is 6.54 Å². The van der Waals surface area contributed by atoms with Crippen LogP contribution in [-0.4, -0.2) is 48.8 Å². The predicted octanol–water partition coefficient (Wildman–Crippen LogP) is 2.19. The normalized spacial score (nSPS) is 21.9. The molecule has 1 aromatic carbocycles. The van der Waals surface area contributed by atoms with E-state index >= 15 is 0 Å². The third kappa shape index (κ3) is 4.49. The van der Waals surface area contributed by atoms with E-state index < -0.39 is 0 Å². The molecule has 1 aliphatic heterocycles. The highest BCUT2D eigenvalue weighted by Crippen LogP contribution is 2.37. The van der Waals surface area contributed by atoms with Gasteiger partial charge >= 0.3 is 0 Å². The lowest BCUT2D eigenvalue weighted by atomic mass is 9.81. The van der Waals surface area contributed by atoms with Gasteiger partial charge in [-0.05, 0) is 38.3 Å². The van der Waals surface area contributed by atoms with E-state index in [2.05, 4.69) is 29.3 Å². The van der Waals surface area contributed by atoms with Crippen molar-refractivity contribution in [2.75, 3.05) is 31.1 Å². The molecule has 1 aliphatic carbocycles. The molecule has 1 saturated carbocycles. The van der Waals surface area contributed by atoms with E-state index in [1.165, 1.54) is 10.6 Å². The molecule has 1 aromatic rings. The van der Waals surface area contributed by atoms with Gasteiger partial charge in [-0.3, -0.25) is 19.3 Å². The van der Waals surface area contributed by atoms with E-state index in [-0.39, 0.29) is 36.1 Å². The van der Waals surface area contributed by atoms with Crippen molar-refractivity contribution in [3.63, 3.8) is 0 Å². The lowest BCUT2D eigenvalue weighted by molar-refractivity contribution is -0.143. The Labute approximate surface area is 160 Å². The van der Waals surface area contributed by atoms with Gasteiger partial charge in [0.1, 0.15) is 6.54 Å². The van der Waals surface area contributed by atoms with Crippen molar-refractivity contribution in [1.29, 1.82) is 0 Å². The molecular formula is C21H29N3O3. The molecule has 27 heavy (non-hydrogen) atoms. The summed E-state index contributed by atoms with van der Waals surface area (Å²) >= 11 is 0. The number of hydrogen-bond acceptors (Lipinski definition) is 4. The average Bonchev–Trinajstić information content (AvgIpc) is 2.94. The molecule has 146 valence electrons. The van der Waals surface area contributed by atoms with E-state index in [4.69, 9.17) is 0 Å². The molecule has 3 amide bonds. The second-order valence-electron chi connectivity index (χ2n) is 7.38. The molecule has 2 aliphatic rings. The molecule has 6 heteroatoms. The highest BCUT2D eigenvalue weighted by molar-refractivity contribution is 6.07. The Morgan fingerprint density at radius 2 is 1.74 bits per heavy atom. The van der Waals surface area contributed by atoms with Crippen LogP contribution in [0.1, 0.15) is 39.0 Å². The number of nitrogens with zero attached hydrogens (tertiary/aromatic N) is 2. The van der Waals surface area contributed by atoms with Crippen LogP contribution in [0.4, 0.5) is 5.69 Å². The van der Waals surface area contributed by atoms with E-state index in [1.807, 2.05) is 18.2 Å². The number of hydrogen-bond donors (Lipinski definition) is 1. The number of para-hydroxylation sites is 1. The summed E-state index contributed by atoms with van der Waals surface area (Å²) in [5.41, 5.74) is 1.17. The van der Waals surface area contributed by atoms with Gasteiger partial charge in [-0.25, -0.2) is 0 Å². The highest BCUT2D eigenvalue weighted by atomic mass is 16.2. The van der Waals surface area contributed by atoms with Crippen LogP contribution < -0.4 is 10.2 Å². The van der Waals surface area contributed by atoms with Crippen LogP contribution in [0, 0.1) is 11.8 Å². The van der Waals surface area contributed by atoms with Gasteiger partial charge in [0, 0.05) is 25.3 Å². The maximum atomic E-state index is 12.4. The van der Waals surface area contributed by atoms with Crippen molar-refractivity contribution in [3.05, 3.63) is 30.3 Å². The first-order chi connectivity index (χ1) is 13.1. The zero-order valence-corrected chi connectivity index (χ0v) is 16.0. The summed E-state index contributed by atoms with van der Waals surface area (Å²) in [7, 11) is 0. The van der Waals surface area contributed by atoms with Gasteiger partial charge in [0.15, 0.2) is 0 Å². The largest absolute Gasteiger partial charge is 0.372 e. The number of benzene rings is 1. The number of likely N-dealkylation sites (tertiary alicyclic amines) is 1. The van der Waals surface area contributed by atoms with Crippen molar-refractivity contribution in [1.82, 2.24) is 10.2 Å². The summed E-state index contributed by atoms with van der Waals surface area (Å²) in [5.74, 6) is -0.939. The molecule has 2 atom stereocenters. The lowest BCUT2D eigenvalue weighted by Gasteiger charge is -2.23. The van der Waals surface area contributed by atoms with Crippen LogP contribution in [-0.2, 0) is 14.4 Å². The molecule has 0 aromatic heterocycles.